The molecule has 1 amide bonds. The Bertz CT molecular complexity index is 1320. The van der Waals surface area contributed by atoms with Crippen molar-refractivity contribution < 1.29 is 18.3 Å². The number of aliphatic hydroxyl groups is 1. The lowest BCUT2D eigenvalue weighted by Gasteiger charge is -2.25. The van der Waals surface area contributed by atoms with Crippen molar-refractivity contribution >= 4 is 32.9 Å². The average Bonchev–Trinajstić information content (AvgIpc) is 3.27. The highest BCUT2D eigenvalue weighted by atomic mass is 32.2. The maximum absolute atomic E-state index is 12.6. The van der Waals surface area contributed by atoms with Crippen LogP contribution in [0.15, 0.2) is 35.4 Å². The van der Waals surface area contributed by atoms with Gasteiger partial charge in [0.05, 0.1) is 29.0 Å². The van der Waals surface area contributed by atoms with Crippen LogP contribution in [-0.4, -0.2) is 64.9 Å². The quantitative estimate of drug-likeness (QED) is 0.277. The average molecular weight is 530 g/mol. The van der Waals surface area contributed by atoms with Gasteiger partial charge in [0, 0.05) is 24.8 Å². The van der Waals surface area contributed by atoms with Gasteiger partial charge in [0.2, 0.25) is 21.9 Å². The second kappa shape index (κ2) is 12.0. The highest BCUT2D eigenvalue weighted by Crippen LogP contribution is 2.34. The SMILES string of the molecule is CCCCNc1ncc2c(-c3ccc(S(=O)(=O)NCC(=O)NCC)cc3)nn([C@H]3CC[C@H](O)CC3)c2n1. The molecule has 2 aromatic heterocycles. The molecule has 200 valence electrons. The minimum Gasteiger partial charge on any atom is -0.393 e. The van der Waals surface area contributed by atoms with Crippen molar-refractivity contribution in [3.63, 3.8) is 0 Å². The molecule has 37 heavy (non-hydrogen) atoms. The maximum Gasteiger partial charge on any atom is 0.241 e. The van der Waals surface area contributed by atoms with E-state index in [1.807, 2.05) is 4.68 Å². The third-order valence-electron chi connectivity index (χ3n) is 6.51. The summed E-state index contributed by atoms with van der Waals surface area (Å²) in [5, 5.41) is 21.5. The zero-order valence-electron chi connectivity index (χ0n) is 21.3. The van der Waals surface area contributed by atoms with Crippen molar-refractivity contribution in [1.82, 2.24) is 29.8 Å². The van der Waals surface area contributed by atoms with Crippen LogP contribution in [0.5, 0.6) is 0 Å². The molecule has 0 unspecified atom stereocenters. The Labute approximate surface area is 217 Å². The van der Waals surface area contributed by atoms with E-state index < -0.39 is 15.9 Å². The number of aliphatic hydroxyl groups excluding tert-OH is 1. The van der Waals surface area contributed by atoms with Crippen LogP contribution in [0, 0.1) is 0 Å². The van der Waals surface area contributed by atoms with Gasteiger partial charge in [-0.2, -0.15) is 10.1 Å². The molecule has 1 saturated carbocycles. The number of aromatic nitrogens is 4. The second-order valence-electron chi connectivity index (χ2n) is 9.27. The van der Waals surface area contributed by atoms with Crippen LogP contribution in [-0.2, 0) is 14.8 Å². The number of nitrogens with zero attached hydrogens (tertiary/aromatic N) is 4. The van der Waals surface area contributed by atoms with Crippen LogP contribution < -0.4 is 15.4 Å². The smallest absolute Gasteiger partial charge is 0.241 e. The molecular weight excluding hydrogens is 494 g/mol. The van der Waals surface area contributed by atoms with Gasteiger partial charge in [-0.05, 0) is 51.2 Å². The van der Waals surface area contributed by atoms with Gasteiger partial charge >= 0.3 is 0 Å². The Hall–Kier alpha value is -3.09. The highest BCUT2D eigenvalue weighted by molar-refractivity contribution is 7.89. The Kier molecular flexibility index (Phi) is 8.72. The molecule has 0 spiro atoms. The monoisotopic (exact) mass is 529 g/mol. The summed E-state index contributed by atoms with van der Waals surface area (Å²) in [5.74, 6) is 0.155. The number of amides is 1. The van der Waals surface area contributed by atoms with E-state index >= 15 is 0 Å². The van der Waals surface area contributed by atoms with Crippen molar-refractivity contribution in [2.75, 3.05) is 25.0 Å². The summed E-state index contributed by atoms with van der Waals surface area (Å²) in [7, 11) is -3.84. The fraction of sp³-hybridized carbons (Fsp3) is 0.520. The van der Waals surface area contributed by atoms with E-state index in [0.29, 0.717) is 36.7 Å². The lowest BCUT2D eigenvalue weighted by Crippen LogP contribution is -2.36. The van der Waals surface area contributed by atoms with Gasteiger partial charge in [0.25, 0.3) is 0 Å². The Morgan fingerprint density at radius 3 is 2.54 bits per heavy atom. The first kappa shape index (κ1) is 27.0. The number of nitrogens with one attached hydrogen (secondary N) is 3. The molecule has 2 heterocycles. The molecule has 0 atom stereocenters. The molecule has 12 heteroatoms. The van der Waals surface area contributed by atoms with E-state index in [1.54, 1.807) is 25.3 Å². The van der Waals surface area contributed by atoms with Crippen LogP contribution in [0.4, 0.5) is 5.95 Å². The summed E-state index contributed by atoms with van der Waals surface area (Å²) in [6.07, 6.45) is 6.58. The number of likely N-dealkylation sites (N-methyl/N-ethyl adjacent to an activating group) is 1. The van der Waals surface area contributed by atoms with E-state index in [9.17, 15) is 18.3 Å². The summed E-state index contributed by atoms with van der Waals surface area (Å²) in [4.78, 5) is 21.0. The first-order valence-corrected chi connectivity index (χ1v) is 14.3. The number of carbonyl (C=O) groups is 1. The topological polar surface area (TPSA) is 151 Å². The fourth-order valence-electron chi connectivity index (χ4n) is 4.45. The summed E-state index contributed by atoms with van der Waals surface area (Å²) in [5.41, 5.74) is 2.11. The van der Waals surface area contributed by atoms with E-state index in [2.05, 4.69) is 27.3 Å². The predicted octanol–water partition coefficient (Wildman–Crippen LogP) is 2.60. The van der Waals surface area contributed by atoms with Gasteiger partial charge in [0.1, 0.15) is 5.69 Å². The summed E-state index contributed by atoms with van der Waals surface area (Å²) < 4.78 is 29.5. The van der Waals surface area contributed by atoms with Gasteiger partial charge in [-0.3, -0.25) is 4.79 Å². The van der Waals surface area contributed by atoms with Gasteiger partial charge in [-0.25, -0.2) is 22.8 Å². The Morgan fingerprint density at radius 2 is 1.86 bits per heavy atom. The summed E-state index contributed by atoms with van der Waals surface area (Å²) >= 11 is 0. The van der Waals surface area contributed by atoms with Crippen LogP contribution in [0.25, 0.3) is 22.3 Å². The number of sulfonamides is 1. The third-order valence-corrected chi connectivity index (χ3v) is 7.93. The number of hydrogen-bond donors (Lipinski definition) is 4. The molecule has 0 bridgehead atoms. The molecule has 1 aromatic carbocycles. The molecule has 3 aromatic rings. The number of benzene rings is 1. The van der Waals surface area contributed by atoms with Crippen LogP contribution >= 0.6 is 0 Å². The molecule has 0 radical (unpaired) electrons. The molecule has 0 saturated heterocycles. The molecule has 11 nitrogen and oxygen atoms in total. The number of fused-ring (bicyclic) bond motifs is 1. The number of unbranched alkanes of at least 4 members (excludes halogenated alkanes) is 1. The molecule has 1 aliphatic carbocycles. The molecule has 4 rings (SSSR count). The summed E-state index contributed by atoms with van der Waals surface area (Å²) in [6, 6.07) is 6.50. The zero-order valence-corrected chi connectivity index (χ0v) is 22.1. The fourth-order valence-corrected chi connectivity index (χ4v) is 5.43. The first-order valence-electron chi connectivity index (χ1n) is 12.9. The van der Waals surface area contributed by atoms with Gasteiger partial charge in [-0.15, -0.1) is 0 Å². The lowest BCUT2D eigenvalue weighted by molar-refractivity contribution is -0.119. The highest BCUT2D eigenvalue weighted by Gasteiger charge is 2.26. The standard InChI is InChI=1S/C25H35N7O4S/c1-3-5-14-27-25-28-15-21-23(31-32(24(21)30-25)18-8-10-19(33)11-9-18)17-6-12-20(13-7-17)37(35,36)29-16-22(34)26-4-2/h6-7,12-13,15,18-19,29,33H,3-5,8-11,14,16H2,1-2H3,(H,26,34)(H,27,28,30)/t18-,19-. The summed E-state index contributed by atoms with van der Waals surface area (Å²) in [6.45, 7) is 4.78. The predicted molar refractivity (Wildman–Crippen MR) is 142 cm³/mol. The minimum atomic E-state index is -3.84. The van der Waals surface area contributed by atoms with Crippen LogP contribution in [0.1, 0.15) is 58.4 Å². The number of hydrogen-bond acceptors (Lipinski definition) is 8. The van der Waals surface area contributed by atoms with Crippen molar-refractivity contribution in [3.8, 4) is 11.3 Å². The normalized spacial score (nSPS) is 18.1. The molecule has 4 N–H and O–H groups in total. The van der Waals surface area contributed by atoms with E-state index in [-0.39, 0.29) is 23.6 Å². The molecule has 0 aliphatic heterocycles. The lowest BCUT2D eigenvalue weighted by atomic mass is 9.93. The van der Waals surface area contributed by atoms with E-state index in [0.717, 1.165) is 43.2 Å². The van der Waals surface area contributed by atoms with Crippen molar-refractivity contribution in [2.45, 2.75) is 69.4 Å². The van der Waals surface area contributed by atoms with Crippen molar-refractivity contribution in [2.24, 2.45) is 0 Å². The molecular formula is C25H35N7O4S. The van der Waals surface area contributed by atoms with Crippen LogP contribution in [0.2, 0.25) is 0 Å². The molecule has 1 aliphatic rings. The maximum atomic E-state index is 12.6. The van der Waals surface area contributed by atoms with Gasteiger partial charge in [0.15, 0.2) is 5.65 Å². The van der Waals surface area contributed by atoms with E-state index in [1.165, 1.54) is 12.1 Å². The van der Waals surface area contributed by atoms with Crippen molar-refractivity contribution in [3.05, 3.63) is 30.5 Å². The Morgan fingerprint density at radius 1 is 1.14 bits per heavy atom. The number of rotatable bonds is 11. The minimum absolute atomic E-state index is 0.0595. The number of carbonyl (C=O) groups excluding carboxylic acids is 1. The van der Waals surface area contributed by atoms with E-state index in [4.69, 9.17) is 10.1 Å². The first-order chi connectivity index (χ1) is 17.8. The van der Waals surface area contributed by atoms with Gasteiger partial charge in [-0.1, -0.05) is 25.5 Å². The zero-order chi connectivity index (χ0) is 26.4. The van der Waals surface area contributed by atoms with Gasteiger partial charge < -0.3 is 15.7 Å². The third kappa shape index (κ3) is 6.43. The van der Waals surface area contributed by atoms with Crippen LogP contribution in [0.3, 0.4) is 0 Å². The van der Waals surface area contributed by atoms with Crippen molar-refractivity contribution in [1.29, 1.82) is 0 Å². The largest absolute Gasteiger partial charge is 0.393 e. The molecule has 1 fully saturated rings. The second-order valence-corrected chi connectivity index (χ2v) is 11.0. The number of anilines is 1. The Balaban J connectivity index is 1.64.